The van der Waals surface area contributed by atoms with Crippen LogP contribution in [0.5, 0.6) is 0 Å². The molecular formula is C14H15N5O3. The first-order valence-corrected chi connectivity index (χ1v) is 6.66. The van der Waals surface area contributed by atoms with E-state index in [4.69, 9.17) is 10.3 Å². The second-order valence-electron chi connectivity index (χ2n) is 4.53. The fourth-order valence-electron chi connectivity index (χ4n) is 1.96. The summed E-state index contributed by atoms with van der Waals surface area (Å²) < 4.78 is 6.78. The maximum absolute atomic E-state index is 11.5. The summed E-state index contributed by atoms with van der Waals surface area (Å²) >= 11 is 0. The summed E-state index contributed by atoms with van der Waals surface area (Å²) in [5.41, 5.74) is 9.35. The van der Waals surface area contributed by atoms with Crippen molar-refractivity contribution < 1.29 is 4.74 Å². The molecule has 114 valence electrons. The molecule has 1 aromatic carbocycles. The summed E-state index contributed by atoms with van der Waals surface area (Å²) in [7, 11) is 0. The highest BCUT2D eigenvalue weighted by atomic mass is 16.5. The van der Waals surface area contributed by atoms with E-state index in [1.807, 2.05) is 24.3 Å². The van der Waals surface area contributed by atoms with Gasteiger partial charge in [0.2, 0.25) is 0 Å². The summed E-state index contributed by atoms with van der Waals surface area (Å²) in [6.07, 6.45) is 2.01. The minimum absolute atomic E-state index is 0.0420. The topological polar surface area (TPSA) is 113 Å². The highest BCUT2D eigenvalue weighted by Crippen LogP contribution is 2.11. The zero-order valence-corrected chi connectivity index (χ0v) is 11.8. The van der Waals surface area contributed by atoms with E-state index in [9.17, 15) is 9.59 Å². The Balaban J connectivity index is 1.98. The van der Waals surface area contributed by atoms with Gasteiger partial charge in [-0.25, -0.2) is 4.79 Å². The second kappa shape index (κ2) is 7.82. The van der Waals surface area contributed by atoms with E-state index in [2.05, 4.69) is 15.0 Å². The van der Waals surface area contributed by atoms with Gasteiger partial charge in [0.1, 0.15) is 6.73 Å². The first kappa shape index (κ1) is 15.6. The van der Waals surface area contributed by atoms with E-state index in [-0.39, 0.29) is 6.73 Å². The molecule has 0 aliphatic rings. The van der Waals surface area contributed by atoms with E-state index in [0.717, 1.165) is 11.1 Å². The molecule has 2 aromatic rings. The van der Waals surface area contributed by atoms with Crippen molar-refractivity contribution in [3.8, 4) is 0 Å². The predicted octanol–water partition coefficient (Wildman–Crippen LogP) is 1.56. The van der Waals surface area contributed by atoms with Crippen LogP contribution in [0.2, 0.25) is 0 Å². The van der Waals surface area contributed by atoms with E-state index >= 15 is 0 Å². The molecule has 0 bridgehead atoms. The number of rotatable bonds is 7. The largest absolute Gasteiger partial charge is 0.356 e. The van der Waals surface area contributed by atoms with Gasteiger partial charge in [-0.15, -0.1) is 0 Å². The average Bonchev–Trinajstić information content (AvgIpc) is 2.51. The molecule has 0 amide bonds. The number of azide groups is 1. The Morgan fingerprint density at radius 2 is 2.00 bits per heavy atom. The van der Waals surface area contributed by atoms with Gasteiger partial charge in [-0.3, -0.25) is 14.3 Å². The van der Waals surface area contributed by atoms with Crippen LogP contribution in [-0.2, 0) is 24.5 Å². The van der Waals surface area contributed by atoms with Gasteiger partial charge in [-0.1, -0.05) is 29.4 Å². The van der Waals surface area contributed by atoms with E-state index in [1.165, 1.54) is 16.8 Å². The molecule has 22 heavy (non-hydrogen) atoms. The van der Waals surface area contributed by atoms with Crippen molar-refractivity contribution in [3.63, 3.8) is 0 Å². The number of nitrogens with zero attached hydrogens (tertiary/aromatic N) is 4. The lowest BCUT2D eigenvalue weighted by molar-refractivity contribution is 0.0604. The monoisotopic (exact) mass is 301 g/mol. The fraction of sp³-hybridized carbons (Fsp3) is 0.286. The van der Waals surface area contributed by atoms with E-state index in [1.54, 1.807) is 0 Å². The maximum Gasteiger partial charge on any atom is 0.330 e. The Labute approximate surface area is 125 Å². The molecule has 8 nitrogen and oxygen atoms in total. The number of H-pyrrole nitrogens is 1. The Hall–Kier alpha value is -2.83. The minimum atomic E-state index is -0.510. The summed E-state index contributed by atoms with van der Waals surface area (Å²) in [5.74, 6) is 0. The lowest BCUT2D eigenvalue weighted by Gasteiger charge is -2.10. The van der Waals surface area contributed by atoms with Crippen LogP contribution >= 0.6 is 0 Å². The maximum atomic E-state index is 11.5. The van der Waals surface area contributed by atoms with Gasteiger partial charge in [-0.2, -0.15) is 0 Å². The predicted molar refractivity (Wildman–Crippen MR) is 80.3 cm³/mol. The molecule has 8 heteroatoms. The minimum Gasteiger partial charge on any atom is -0.356 e. The van der Waals surface area contributed by atoms with Gasteiger partial charge >= 0.3 is 5.69 Å². The zero-order valence-electron chi connectivity index (χ0n) is 11.8. The molecule has 0 fully saturated rings. The Bertz CT molecular complexity index is 789. The number of benzene rings is 1. The molecule has 0 atom stereocenters. The van der Waals surface area contributed by atoms with Gasteiger partial charge in [-0.05, 0) is 23.1 Å². The molecule has 0 radical (unpaired) electrons. The Morgan fingerprint density at radius 1 is 1.23 bits per heavy atom. The third-order valence-electron chi connectivity index (χ3n) is 3.05. The summed E-state index contributed by atoms with van der Waals surface area (Å²) in [4.78, 5) is 27.4. The van der Waals surface area contributed by atoms with Crippen molar-refractivity contribution >= 4 is 0 Å². The summed E-state index contributed by atoms with van der Waals surface area (Å²) in [6, 6.07) is 8.92. The van der Waals surface area contributed by atoms with Crippen LogP contribution in [0.25, 0.3) is 10.4 Å². The normalized spacial score (nSPS) is 10.2. The summed E-state index contributed by atoms with van der Waals surface area (Å²) in [5, 5.41) is 3.52. The molecule has 0 unspecified atom stereocenters. The zero-order chi connectivity index (χ0) is 15.8. The average molecular weight is 301 g/mol. The third-order valence-corrected chi connectivity index (χ3v) is 3.05. The summed E-state index contributed by atoms with van der Waals surface area (Å²) in [6.45, 7) is 0.741. The van der Waals surface area contributed by atoms with E-state index in [0.29, 0.717) is 19.6 Å². The molecule has 0 saturated carbocycles. The quantitative estimate of drug-likeness (QED) is 0.475. The van der Waals surface area contributed by atoms with Crippen molar-refractivity contribution in [2.45, 2.75) is 19.8 Å². The SMILES string of the molecule is [N-]=[N+]=NCCc1ccccc1COCn1ccc(=O)[nH]c1=O. The van der Waals surface area contributed by atoms with Gasteiger partial charge in [0.15, 0.2) is 0 Å². The Morgan fingerprint density at radius 3 is 2.73 bits per heavy atom. The lowest BCUT2D eigenvalue weighted by atomic mass is 10.1. The van der Waals surface area contributed by atoms with Crippen molar-refractivity contribution in [1.82, 2.24) is 9.55 Å². The number of hydrogen-bond donors (Lipinski definition) is 1. The first-order chi connectivity index (χ1) is 10.7. The fourth-order valence-corrected chi connectivity index (χ4v) is 1.96. The molecule has 1 N–H and O–H groups in total. The highest BCUT2D eigenvalue weighted by molar-refractivity contribution is 5.26. The van der Waals surface area contributed by atoms with Gasteiger partial charge < -0.3 is 4.74 Å². The van der Waals surface area contributed by atoms with Crippen LogP contribution in [0.4, 0.5) is 0 Å². The van der Waals surface area contributed by atoms with Crippen molar-refractivity contribution in [1.29, 1.82) is 0 Å². The van der Waals surface area contributed by atoms with Crippen LogP contribution in [0.15, 0.2) is 51.2 Å². The molecule has 2 rings (SSSR count). The molecule has 0 spiro atoms. The van der Waals surface area contributed by atoms with Crippen LogP contribution in [0, 0.1) is 0 Å². The van der Waals surface area contributed by atoms with Crippen molar-refractivity contribution in [2.75, 3.05) is 6.54 Å². The van der Waals surface area contributed by atoms with Crippen LogP contribution in [0.1, 0.15) is 11.1 Å². The number of nitrogens with one attached hydrogen (secondary N) is 1. The second-order valence-corrected chi connectivity index (χ2v) is 4.53. The molecule has 1 heterocycles. The molecule has 0 aliphatic carbocycles. The third kappa shape index (κ3) is 4.34. The van der Waals surface area contributed by atoms with Gasteiger partial charge in [0.25, 0.3) is 5.56 Å². The number of hydrogen-bond acceptors (Lipinski definition) is 4. The molecule has 0 saturated heterocycles. The number of aromatic nitrogens is 2. The van der Waals surface area contributed by atoms with Gasteiger partial charge in [0.05, 0.1) is 6.61 Å². The smallest absolute Gasteiger partial charge is 0.330 e. The molecular weight excluding hydrogens is 286 g/mol. The molecule has 1 aromatic heterocycles. The van der Waals surface area contributed by atoms with Crippen molar-refractivity contribution in [2.24, 2.45) is 5.11 Å². The van der Waals surface area contributed by atoms with E-state index < -0.39 is 11.2 Å². The van der Waals surface area contributed by atoms with Crippen molar-refractivity contribution in [3.05, 3.63) is 78.9 Å². The van der Waals surface area contributed by atoms with Gasteiger partial charge in [0, 0.05) is 23.7 Å². The van der Waals surface area contributed by atoms with Crippen LogP contribution in [0.3, 0.4) is 0 Å². The molecule has 0 aliphatic heterocycles. The Kier molecular flexibility index (Phi) is 5.53. The number of ether oxygens (including phenoxy) is 1. The standard InChI is InChI=1S/C14H15N5O3/c15-18-16-7-5-11-3-1-2-4-12(11)9-22-10-19-8-6-13(20)17-14(19)21/h1-4,6,8H,5,7,9-10H2,(H,17,20,21). The number of aromatic amines is 1. The lowest BCUT2D eigenvalue weighted by Crippen LogP contribution is -2.29. The van der Waals surface area contributed by atoms with Crippen LogP contribution in [-0.4, -0.2) is 16.1 Å². The first-order valence-electron chi connectivity index (χ1n) is 6.66. The van der Waals surface area contributed by atoms with Crippen LogP contribution < -0.4 is 11.2 Å². The highest BCUT2D eigenvalue weighted by Gasteiger charge is 2.02.